The van der Waals surface area contributed by atoms with Crippen LogP contribution < -0.4 is 4.74 Å². The maximum Gasteiger partial charge on any atom is 0.345 e. The van der Waals surface area contributed by atoms with Crippen LogP contribution in [0.2, 0.25) is 5.02 Å². The highest BCUT2D eigenvalue weighted by Crippen LogP contribution is 2.19. The molecule has 0 saturated carbocycles. The topological polar surface area (TPSA) is 50.1 Å². The third-order valence-corrected chi connectivity index (χ3v) is 2.60. The van der Waals surface area contributed by atoms with E-state index in [0.29, 0.717) is 21.9 Å². The van der Waals surface area contributed by atoms with Crippen molar-refractivity contribution in [3.05, 3.63) is 64.7 Å². The fraction of sp³-hybridized carbons (Fsp3) is 0. The predicted molar refractivity (Wildman–Crippen MR) is 67.6 cm³/mol. The lowest BCUT2D eigenvalue weighted by Gasteiger charge is -2.05. The van der Waals surface area contributed by atoms with Gasteiger partial charge in [0.1, 0.15) is 5.75 Å². The van der Waals surface area contributed by atoms with E-state index in [-0.39, 0.29) is 0 Å². The first-order chi connectivity index (χ1) is 8.70. The number of nitriles is 1. The number of hydrogen-bond acceptors (Lipinski definition) is 3. The lowest BCUT2D eigenvalue weighted by atomic mass is 10.2. The minimum atomic E-state index is -0.546. The predicted octanol–water partition coefficient (Wildman–Crippen LogP) is 3.43. The van der Waals surface area contributed by atoms with E-state index in [1.165, 1.54) is 6.07 Å². The Morgan fingerprint density at radius 1 is 1.17 bits per heavy atom. The molecule has 0 unspecified atom stereocenters. The summed E-state index contributed by atoms with van der Waals surface area (Å²) in [6, 6.07) is 15.0. The van der Waals surface area contributed by atoms with Gasteiger partial charge < -0.3 is 4.74 Å². The number of esters is 1. The molecule has 18 heavy (non-hydrogen) atoms. The Kier molecular flexibility index (Phi) is 3.61. The summed E-state index contributed by atoms with van der Waals surface area (Å²) in [6.07, 6.45) is 0. The first kappa shape index (κ1) is 12.2. The van der Waals surface area contributed by atoms with Gasteiger partial charge in [-0.1, -0.05) is 29.8 Å². The molecule has 0 atom stereocenters. The van der Waals surface area contributed by atoms with Gasteiger partial charge in [-0.15, -0.1) is 0 Å². The minimum Gasteiger partial charge on any atom is -0.423 e. The lowest BCUT2D eigenvalue weighted by molar-refractivity contribution is 0.0735. The van der Waals surface area contributed by atoms with Crippen LogP contribution in [0.4, 0.5) is 0 Å². The standard InChI is InChI=1S/C14H8ClNO2/c15-13-7-2-1-6-12(13)14(17)18-11-5-3-4-10(8-11)9-16/h1-8H. The van der Waals surface area contributed by atoms with Crippen molar-refractivity contribution in [1.29, 1.82) is 5.26 Å². The SMILES string of the molecule is N#Cc1cccc(OC(=O)c2ccccc2Cl)c1. The van der Waals surface area contributed by atoms with Crippen molar-refractivity contribution in [2.75, 3.05) is 0 Å². The van der Waals surface area contributed by atoms with Gasteiger partial charge in [0.2, 0.25) is 0 Å². The molecular formula is C14H8ClNO2. The minimum absolute atomic E-state index is 0.293. The average molecular weight is 258 g/mol. The highest BCUT2D eigenvalue weighted by molar-refractivity contribution is 6.33. The number of carbonyl (C=O) groups is 1. The number of rotatable bonds is 2. The lowest BCUT2D eigenvalue weighted by Crippen LogP contribution is -2.09. The van der Waals surface area contributed by atoms with Crippen LogP contribution >= 0.6 is 11.6 Å². The van der Waals surface area contributed by atoms with Gasteiger partial charge in [0.05, 0.1) is 22.2 Å². The fourth-order valence-corrected chi connectivity index (χ4v) is 1.63. The summed E-state index contributed by atoms with van der Waals surface area (Å²) < 4.78 is 5.15. The first-order valence-corrected chi connectivity index (χ1v) is 5.55. The molecule has 0 bridgehead atoms. The Bertz CT molecular complexity index is 632. The highest BCUT2D eigenvalue weighted by Gasteiger charge is 2.12. The van der Waals surface area contributed by atoms with Gasteiger partial charge in [-0.3, -0.25) is 0 Å². The Hall–Kier alpha value is -2.31. The molecule has 0 fully saturated rings. The Morgan fingerprint density at radius 2 is 1.94 bits per heavy atom. The Morgan fingerprint density at radius 3 is 2.67 bits per heavy atom. The van der Waals surface area contributed by atoms with Gasteiger partial charge in [-0.2, -0.15) is 5.26 Å². The van der Waals surface area contributed by atoms with E-state index in [9.17, 15) is 4.79 Å². The van der Waals surface area contributed by atoms with E-state index in [0.717, 1.165) is 0 Å². The smallest absolute Gasteiger partial charge is 0.345 e. The molecule has 0 heterocycles. The summed E-state index contributed by atoms with van der Waals surface area (Å²) in [5, 5.41) is 9.08. The number of carbonyl (C=O) groups excluding carboxylic acids is 1. The zero-order chi connectivity index (χ0) is 13.0. The van der Waals surface area contributed by atoms with E-state index in [1.807, 2.05) is 6.07 Å². The van der Waals surface area contributed by atoms with E-state index in [1.54, 1.807) is 42.5 Å². The Balaban J connectivity index is 2.22. The largest absolute Gasteiger partial charge is 0.423 e. The number of benzene rings is 2. The molecule has 88 valence electrons. The molecule has 0 saturated heterocycles. The van der Waals surface area contributed by atoms with Gasteiger partial charge in [0, 0.05) is 0 Å². The monoisotopic (exact) mass is 257 g/mol. The quantitative estimate of drug-likeness (QED) is 0.612. The van der Waals surface area contributed by atoms with Crippen molar-refractivity contribution >= 4 is 17.6 Å². The van der Waals surface area contributed by atoms with Crippen molar-refractivity contribution in [3.8, 4) is 11.8 Å². The summed E-state index contributed by atoms with van der Waals surface area (Å²) in [6.45, 7) is 0. The molecule has 4 heteroatoms. The van der Waals surface area contributed by atoms with Gasteiger partial charge in [-0.25, -0.2) is 4.79 Å². The highest BCUT2D eigenvalue weighted by atomic mass is 35.5. The molecule has 0 aromatic heterocycles. The van der Waals surface area contributed by atoms with Gasteiger partial charge >= 0.3 is 5.97 Å². The van der Waals surface area contributed by atoms with Crippen molar-refractivity contribution in [2.45, 2.75) is 0 Å². The van der Waals surface area contributed by atoms with Crippen LogP contribution in [0.15, 0.2) is 48.5 Å². The van der Waals surface area contributed by atoms with E-state index in [4.69, 9.17) is 21.6 Å². The molecule has 3 nitrogen and oxygen atoms in total. The molecule has 0 amide bonds. The van der Waals surface area contributed by atoms with Crippen LogP contribution in [-0.4, -0.2) is 5.97 Å². The van der Waals surface area contributed by atoms with Crippen LogP contribution in [0.1, 0.15) is 15.9 Å². The van der Waals surface area contributed by atoms with Crippen LogP contribution in [0.3, 0.4) is 0 Å². The molecule has 0 aliphatic rings. The van der Waals surface area contributed by atoms with Gasteiger partial charge in [0.15, 0.2) is 0 Å². The van der Waals surface area contributed by atoms with Crippen molar-refractivity contribution in [2.24, 2.45) is 0 Å². The molecule has 0 aliphatic heterocycles. The zero-order valence-corrected chi connectivity index (χ0v) is 10.0. The number of nitrogens with zero attached hydrogens (tertiary/aromatic N) is 1. The molecule has 0 radical (unpaired) electrons. The molecular weight excluding hydrogens is 250 g/mol. The van der Waals surface area contributed by atoms with E-state index < -0.39 is 5.97 Å². The summed E-state index contributed by atoms with van der Waals surface area (Å²) in [7, 11) is 0. The van der Waals surface area contributed by atoms with Crippen LogP contribution in [0.25, 0.3) is 0 Å². The molecule has 0 spiro atoms. The fourth-order valence-electron chi connectivity index (χ4n) is 1.42. The second-order valence-electron chi connectivity index (χ2n) is 3.51. The van der Waals surface area contributed by atoms with Crippen molar-refractivity contribution in [3.63, 3.8) is 0 Å². The summed E-state index contributed by atoms with van der Waals surface area (Å²) in [4.78, 5) is 11.8. The number of halogens is 1. The maximum absolute atomic E-state index is 11.8. The molecule has 2 rings (SSSR count). The second kappa shape index (κ2) is 5.35. The van der Waals surface area contributed by atoms with Crippen molar-refractivity contribution in [1.82, 2.24) is 0 Å². The third kappa shape index (κ3) is 2.68. The number of ether oxygens (including phenoxy) is 1. The third-order valence-electron chi connectivity index (χ3n) is 2.27. The molecule has 2 aromatic carbocycles. The first-order valence-electron chi connectivity index (χ1n) is 5.17. The molecule has 2 aromatic rings. The van der Waals surface area contributed by atoms with E-state index >= 15 is 0 Å². The van der Waals surface area contributed by atoms with Crippen LogP contribution in [0, 0.1) is 11.3 Å². The average Bonchev–Trinajstić information content (AvgIpc) is 2.39. The van der Waals surface area contributed by atoms with Crippen molar-refractivity contribution < 1.29 is 9.53 Å². The zero-order valence-electron chi connectivity index (χ0n) is 9.26. The Labute approximate surface area is 109 Å². The summed E-state index contributed by atoms with van der Waals surface area (Å²) >= 11 is 5.89. The molecule has 0 aliphatic carbocycles. The summed E-state index contributed by atoms with van der Waals surface area (Å²) in [5.41, 5.74) is 0.723. The van der Waals surface area contributed by atoms with Gasteiger partial charge in [0.25, 0.3) is 0 Å². The van der Waals surface area contributed by atoms with Gasteiger partial charge in [-0.05, 0) is 30.3 Å². The second-order valence-corrected chi connectivity index (χ2v) is 3.92. The maximum atomic E-state index is 11.8. The molecule has 0 N–H and O–H groups in total. The summed E-state index contributed by atoms with van der Waals surface area (Å²) in [5.74, 6) is -0.227. The van der Waals surface area contributed by atoms with Crippen LogP contribution in [0.5, 0.6) is 5.75 Å². The van der Waals surface area contributed by atoms with E-state index in [2.05, 4.69) is 0 Å². The normalized spacial score (nSPS) is 9.56. The van der Waals surface area contributed by atoms with Crippen LogP contribution in [-0.2, 0) is 0 Å². The number of hydrogen-bond donors (Lipinski definition) is 0.